The summed E-state index contributed by atoms with van der Waals surface area (Å²) in [6.45, 7) is 6.21. The first kappa shape index (κ1) is 17.2. The van der Waals surface area contributed by atoms with E-state index in [2.05, 4.69) is 13.8 Å². The minimum Gasteiger partial charge on any atom is -0.478 e. The molecule has 2 N–H and O–H groups in total. The highest BCUT2D eigenvalue weighted by Crippen LogP contribution is 2.52. The number of rotatable bonds is 2. The molecule has 0 bridgehead atoms. The predicted octanol–water partition coefficient (Wildman–Crippen LogP) is 3.19. The van der Waals surface area contributed by atoms with Gasteiger partial charge in [-0.25, -0.2) is 4.79 Å². The van der Waals surface area contributed by atoms with E-state index in [0.717, 1.165) is 25.3 Å². The molecule has 4 heteroatoms. The average Bonchev–Trinajstić information content (AvgIpc) is 2.82. The van der Waals surface area contributed by atoms with Gasteiger partial charge in [-0.3, -0.25) is 4.79 Å². The largest absolute Gasteiger partial charge is 0.478 e. The van der Waals surface area contributed by atoms with Crippen molar-refractivity contribution >= 4 is 11.8 Å². The zero-order valence-electron chi connectivity index (χ0n) is 13.8. The van der Waals surface area contributed by atoms with Crippen LogP contribution in [0.2, 0.25) is 0 Å². The number of Topliss-reactive ketones (excluding diaryl/α,β-unsaturated/α-hetero) is 1. The number of carbonyl (C=O) groups excluding carboxylic acids is 1. The van der Waals surface area contributed by atoms with Gasteiger partial charge >= 0.3 is 5.97 Å². The third-order valence-electron chi connectivity index (χ3n) is 6.40. The van der Waals surface area contributed by atoms with Gasteiger partial charge in [0, 0.05) is 24.3 Å². The van der Waals surface area contributed by atoms with Crippen molar-refractivity contribution < 1.29 is 19.8 Å². The Kier molecular flexibility index (Phi) is 4.81. The molecule has 5 atom stereocenters. The fourth-order valence-electron chi connectivity index (χ4n) is 4.33. The first-order chi connectivity index (χ1) is 10.2. The standard InChI is InChI=1S/C18H28O4/c1-12-4-8-18(9-5-14(19)10-18)11-15(20)17(3,13(12)2)7-6-16(21)22/h6-7,12-13,15,20H,4-5,8-11H2,1-3H3,(H,21,22)/b7-6+/t12-,13?,15+,17-,18-/m1/s1. The van der Waals surface area contributed by atoms with Crippen molar-refractivity contribution in [1.29, 1.82) is 0 Å². The van der Waals surface area contributed by atoms with Crippen molar-refractivity contribution in [3.05, 3.63) is 12.2 Å². The van der Waals surface area contributed by atoms with Crippen molar-refractivity contribution in [3.63, 3.8) is 0 Å². The highest BCUT2D eigenvalue weighted by Gasteiger charge is 2.48. The van der Waals surface area contributed by atoms with Crippen LogP contribution in [0.25, 0.3) is 0 Å². The fraction of sp³-hybridized carbons (Fsp3) is 0.778. The van der Waals surface area contributed by atoms with Crippen molar-refractivity contribution in [2.24, 2.45) is 22.7 Å². The molecule has 2 aliphatic carbocycles. The van der Waals surface area contributed by atoms with Gasteiger partial charge in [-0.1, -0.05) is 26.8 Å². The van der Waals surface area contributed by atoms with E-state index in [9.17, 15) is 14.7 Å². The van der Waals surface area contributed by atoms with Crippen molar-refractivity contribution in [2.45, 2.75) is 65.4 Å². The van der Waals surface area contributed by atoms with Crippen LogP contribution in [0.3, 0.4) is 0 Å². The molecule has 1 unspecified atom stereocenters. The summed E-state index contributed by atoms with van der Waals surface area (Å²) in [6.07, 6.45) is 6.86. The highest BCUT2D eigenvalue weighted by atomic mass is 16.4. The molecule has 22 heavy (non-hydrogen) atoms. The number of aliphatic carboxylic acids is 1. The molecule has 2 aliphatic rings. The molecule has 0 aromatic rings. The van der Waals surface area contributed by atoms with Crippen LogP contribution in [0.4, 0.5) is 0 Å². The topological polar surface area (TPSA) is 74.6 Å². The van der Waals surface area contributed by atoms with Gasteiger partial charge in [0.1, 0.15) is 5.78 Å². The van der Waals surface area contributed by atoms with Crippen LogP contribution in [0.5, 0.6) is 0 Å². The lowest BCUT2D eigenvalue weighted by atomic mass is 9.60. The number of hydrogen-bond donors (Lipinski definition) is 2. The summed E-state index contributed by atoms with van der Waals surface area (Å²) in [5.41, 5.74) is -0.653. The fourth-order valence-corrected chi connectivity index (χ4v) is 4.33. The maximum Gasteiger partial charge on any atom is 0.327 e. The van der Waals surface area contributed by atoms with Crippen molar-refractivity contribution in [3.8, 4) is 0 Å². The van der Waals surface area contributed by atoms with E-state index in [1.54, 1.807) is 6.08 Å². The SMILES string of the molecule is CC1[C@H](C)CC[C@]2(CCC(=O)C2)C[C@H](O)[C@]1(C)/C=C/C(=O)O. The zero-order valence-corrected chi connectivity index (χ0v) is 13.8. The van der Waals surface area contributed by atoms with Crippen molar-refractivity contribution in [1.82, 2.24) is 0 Å². The number of aliphatic hydroxyl groups is 1. The molecule has 2 fully saturated rings. The molecule has 0 aromatic carbocycles. The van der Waals surface area contributed by atoms with E-state index >= 15 is 0 Å². The predicted molar refractivity (Wildman–Crippen MR) is 84.4 cm³/mol. The van der Waals surface area contributed by atoms with E-state index in [0.29, 0.717) is 31.0 Å². The summed E-state index contributed by atoms with van der Waals surface area (Å²) in [4.78, 5) is 22.7. The maximum atomic E-state index is 11.8. The smallest absolute Gasteiger partial charge is 0.327 e. The van der Waals surface area contributed by atoms with Gasteiger partial charge in [-0.2, -0.15) is 0 Å². The van der Waals surface area contributed by atoms with Gasteiger partial charge in [-0.05, 0) is 42.9 Å². The minimum atomic E-state index is -0.985. The van der Waals surface area contributed by atoms with Gasteiger partial charge in [-0.15, -0.1) is 0 Å². The Balaban J connectivity index is 2.32. The van der Waals surface area contributed by atoms with Gasteiger partial charge < -0.3 is 10.2 Å². The average molecular weight is 308 g/mol. The number of ketones is 1. The lowest BCUT2D eigenvalue weighted by Crippen LogP contribution is -2.44. The quantitative estimate of drug-likeness (QED) is 0.768. The molecular weight excluding hydrogens is 280 g/mol. The highest BCUT2D eigenvalue weighted by molar-refractivity contribution is 5.81. The van der Waals surface area contributed by atoms with E-state index in [-0.39, 0.29) is 11.3 Å². The molecule has 0 radical (unpaired) electrons. The Morgan fingerprint density at radius 2 is 2.00 bits per heavy atom. The number of hydrogen-bond acceptors (Lipinski definition) is 3. The normalized spacial score (nSPS) is 43.5. The molecule has 0 aromatic heterocycles. The Morgan fingerprint density at radius 1 is 1.32 bits per heavy atom. The number of carbonyl (C=O) groups is 2. The Bertz CT molecular complexity index is 483. The number of carboxylic acids is 1. The third-order valence-corrected chi connectivity index (χ3v) is 6.40. The number of aliphatic hydroxyl groups excluding tert-OH is 1. The van der Waals surface area contributed by atoms with Crippen LogP contribution in [-0.2, 0) is 9.59 Å². The van der Waals surface area contributed by atoms with Gasteiger partial charge in [0.15, 0.2) is 0 Å². The summed E-state index contributed by atoms with van der Waals surface area (Å²) >= 11 is 0. The monoisotopic (exact) mass is 308 g/mol. The Labute approximate surface area is 132 Å². The summed E-state index contributed by atoms with van der Waals surface area (Å²) < 4.78 is 0. The molecule has 0 aliphatic heterocycles. The molecule has 4 nitrogen and oxygen atoms in total. The van der Waals surface area contributed by atoms with Crippen LogP contribution in [0, 0.1) is 22.7 Å². The van der Waals surface area contributed by atoms with Crippen LogP contribution >= 0.6 is 0 Å². The van der Waals surface area contributed by atoms with E-state index < -0.39 is 17.5 Å². The number of carboxylic acid groups (broad SMARTS) is 1. The van der Waals surface area contributed by atoms with Crippen LogP contribution in [0.15, 0.2) is 12.2 Å². The van der Waals surface area contributed by atoms with E-state index in [1.165, 1.54) is 0 Å². The molecular formula is C18H28O4. The van der Waals surface area contributed by atoms with E-state index in [4.69, 9.17) is 5.11 Å². The maximum absolute atomic E-state index is 11.8. The van der Waals surface area contributed by atoms with Crippen LogP contribution in [0.1, 0.15) is 59.3 Å². The molecule has 0 saturated heterocycles. The molecule has 2 rings (SSSR count). The summed E-state index contributed by atoms with van der Waals surface area (Å²) in [5, 5.41) is 19.8. The van der Waals surface area contributed by atoms with Gasteiger partial charge in [0.25, 0.3) is 0 Å². The summed E-state index contributed by atoms with van der Waals surface area (Å²) in [7, 11) is 0. The second-order valence-electron chi connectivity index (χ2n) is 7.78. The minimum absolute atomic E-state index is 0.0801. The van der Waals surface area contributed by atoms with E-state index in [1.807, 2.05) is 6.92 Å². The Hall–Kier alpha value is -1.16. The summed E-state index contributed by atoms with van der Waals surface area (Å²) in [6, 6.07) is 0. The molecule has 0 heterocycles. The molecule has 1 spiro atoms. The third kappa shape index (κ3) is 3.27. The second-order valence-corrected chi connectivity index (χ2v) is 7.78. The summed E-state index contributed by atoms with van der Waals surface area (Å²) in [5.74, 6) is -0.115. The van der Waals surface area contributed by atoms with Gasteiger partial charge in [0.05, 0.1) is 6.10 Å². The van der Waals surface area contributed by atoms with Crippen LogP contribution < -0.4 is 0 Å². The van der Waals surface area contributed by atoms with Gasteiger partial charge in [0.2, 0.25) is 0 Å². The lowest BCUT2D eigenvalue weighted by molar-refractivity contribution is -0.131. The molecule has 124 valence electrons. The molecule has 0 amide bonds. The van der Waals surface area contributed by atoms with Crippen molar-refractivity contribution in [2.75, 3.05) is 0 Å². The zero-order chi connectivity index (χ0) is 16.5. The first-order valence-electron chi connectivity index (χ1n) is 8.30. The lowest BCUT2D eigenvalue weighted by Gasteiger charge is -2.47. The molecule has 2 saturated carbocycles. The van der Waals surface area contributed by atoms with Crippen LogP contribution in [-0.4, -0.2) is 28.1 Å². The first-order valence-corrected chi connectivity index (χ1v) is 8.30. The second kappa shape index (κ2) is 6.15. The Morgan fingerprint density at radius 3 is 2.55 bits per heavy atom.